The van der Waals surface area contributed by atoms with Crippen molar-refractivity contribution in [1.82, 2.24) is 4.90 Å². The summed E-state index contributed by atoms with van der Waals surface area (Å²) in [6.45, 7) is 3.86. The Hall–Kier alpha value is -3.84. The van der Waals surface area contributed by atoms with Crippen LogP contribution in [0.5, 0.6) is 5.75 Å². The Balaban J connectivity index is 1.42. The minimum atomic E-state index is -0.232. The standard InChI is InChI=1S/C27H25N3O3S/c1-19(2)30-26(32)24(34-27(30)29-22-11-7-4-8-12-22)17-20-13-15-23(16-14-20)33-18-25(31)28-21-9-5-3-6-10-21/h3-17,19H,18H2,1-2H3,(H,28,31)/b24-17+,29-27?. The summed E-state index contributed by atoms with van der Waals surface area (Å²) < 4.78 is 5.59. The zero-order valence-corrected chi connectivity index (χ0v) is 19.8. The van der Waals surface area contributed by atoms with E-state index in [2.05, 4.69) is 10.3 Å². The highest BCUT2D eigenvalue weighted by molar-refractivity contribution is 8.18. The van der Waals surface area contributed by atoms with Gasteiger partial charge in [-0.3, -0.25) is 14.5 Å². The van der Waals surface area contributed by atoms with Gasteiger partial charge in [-0.05, 0) is 73.6 Å². The van der Waals surface area contributed by atoms with E-state index in [9.17, 15) is 9.59 Å². The van der Waals surface area contributed by atoms with E-state index in [0.717, 1.165) is 16.9 Å². The molecule has 1 N–H and O–H groups in total. The lowest BCUT2D eigenvalue weighted by Gasteiger charge is -2.19. The van der Waals surface area contributed by atoms with E-state index in [1.54, 1.807) is 17.0 Å². The Morgan fingerprint density at radius 3 is 2.29 bits per heavy atom. The number of rotatable bonds is 7. The minimum Gasteiger partial charge on any atom is -0.484 e. The molecule has 3 aromatic rings. The molecule has 2 amide bonds. The predicted octanol–water partition coefficient (Wildman–Crippen LogP) is 5.72. The number of aliphatic imine (C=N–C) groups is 1. The Morgan fingerprint density at radius 1 is 1.00 bits per heavy atom. The van der Waals surface area contributed by atoms with Crippen LogP contribution in [0.15, 0.2) is 94.8 Å². The number of amides is 2. The summed E-state index contributed by atoms with van der Waals surface area (Å²) in [4.78, 5) is 32.1. The number of amidine groups is 1. The normalized spacial score (nSPS) is 15.9. The number of carbonyl (C=O) groups is 2. The molecule has 1 heterocycles. The lowest BCUT2D eigenvalue weighted by molar-refractivity contribution is -0.123. The maximum Gasteiger partial charge on any atom is 0.266 e. The van der Waals surface area contributed by atoms with Crippen LogP contribution in [0.3, 0.4) is 0 Å². The Kier molecular flexibility index (Phi) is 7.44. The Bertz CT molecular complexity index is 1210. The Morgan fingerprint density at radius 2 is 1.65 bits per heavy atom. The van der Waals surface area contributed by atoms with Crippen molar-refractivity contribution >= 4 is 46.2 Å². The minimum absolute atomic E-state index is 0.00818. The van der Waals surface area contributed by atoms with Gasteiger partial charge < -0.3 is 10.1 Å². The van der Waals surface area contributed by atoms with Gasteiger partial charge in [0.1, 0.15) is 5.75 Å². The smallest absolute Gasteiger partial charge is 0.266 e. The highest BCUT2D eigenvalue weighted by Gasteiger charge is 2.35. The van der Waals surface area contributed by atoms with Crippen LogP contribution in [0.25, 0.3) is 6.08 Å². The number of hydrogen-bond acceptors (Lipinski definition) is 5. The second kappa shape index (κ2) is 10.9. The van der Waals surface area contributed by atoms with Crippen molar-refractivity contribution in [2.75, 3.05) is 11.9 Å². The summed E-state index contributed by atoms with van der Waals surface area (Å²) in [5.74, 6) is 0.280. The molecule has 0 radical (unpaired) electrons. The van der Waals surface area contributed by atoms with Crippen LogP contribution in [-0.4, -0.2) is 34.5 Å². The van der Waals surface area contributed by atoms with Crippen LogP contribution >= 0.6 is 11.8 Å². The van der Waals surface area contributed by atoms with Crippen molar-refractivity contribution in [2.45, 2.75) is 19.9 Å². The van der Waals surface area contributed by atoms with Crippen molar-refractivity contribution in [1.29, 1.82) is 0 Å². The van der Waals surface area contributed by atoms with E-state index in [1.165, 1.54) is 11.8 Å². The van der Waals surface area contributed by atoms with Gasteiger partial charge in [0.25, 0.3) is 11.8 Å². The van der Waals surface area contributed by atoms with E-state index in [-0.39, 0.29) is 24.5 Å². The number of anilines is 1. The first-order valence-electron chi connectivity index (χ1n) is 10.9. The molecule has 0 saturated carbocycles. The molecule has 6 nitrogen and oxygen atoms in total. The van der Waals surface area contributed by atoms with Gasteiger partial charge in [0.15, 0.2) is 11.8 Å². The van der Waals surface area contributed by atoms with Crippen LogP contribution in [0.4, 0.5) is 11.4 Å². The first-order chi connectivity index (χ1) is 16.5. The molecule has 0 spiro atoms. The second-order valence-electron chi connectivity index (χ2n) is 7.88. The average molecular weight is 472 g/mol. The predicted molar refractivity (Wildman–Crippen MR) is 138 cm³/mol. The highest BCUT2D eigenvalue weighted by atomic mass is 32.2. The third-order valence-electron chi connectivity index (χ3n) is 4.94. The van der Waals surface area contributed by atoms with E-state index in [1.807, 2.05) is 92.7 Å². The molecule has 7 heteroatoms. The van der Waals surface area contributed by atoms with Crippen LogP contribution in [-0.2, 0) is 9.59 Å². The summed E-state index contributed by atoms with van der Waals surface area (Å²) in [6, 6.07) is 26.1. The van der Waals surface area contributed by atoms with Crippen LogP contribution in [0.2, 0.25) is 0 Å². The quantitative estimate of drug-likeness (QED) is 0.448. The van der Waals surface area contributed by atoms with Crippen molar-refractivity contribution < 1.29 is 14.3 Å². The summed E-state index contributed by atoms with van der Waals surface area (Å²) in [6.07, 6.45) is 1.85. The second-order valence-corrected chi connectivity index (χ2v) is 8.89. The number of para-hydroxylation sites is 2. The molecule has 0 bridgehead atoms. The molecule has 1 fully saturated rings. The SMILES string of the molecule is CC(C)N1C(=O)/C(=C\c2ccc(OCC(=O)Nc3ccccc3)cc2)SC1=Nc1ccccc1. The molecule has 0 aromatic heterocycles. The molecule has 34 heavy (non-hydrogen) atoms. The summed E-state index contributed by atoms with van der Waals surface area (Å²) in [5.41, 5.74) is 2.39. The number of hydrogen-bond donors (Lipinski definition) is 1. The zero-order chi connectivity index (χ0) is 23.9. The molecular formula is C27H25N3O3S. The molecule has 0 atom stereocenters. The fraction of sp³-hybridized carbons (Fsp3) is 0.148. The molecule has 4 rings (SSSR count). The van der Waals surface area contributed by atoms with Gasteiger partial charge in [-0.25, -0.2) is 4.99 Å². The monoisotopic (exact) mass is 471 g/mol. The summed E-state index contributed by atoms with van der Waals surface area (Å²) >= 11 is 1.37. The number of benzene rings is 3. The third kappa shape index (κ3) is 5.94. The summed E-state index contributed by atoms with van der Waals surface area (Å²) in [7, 11) is 0. The molecule has 172 valence electrons. The lowest BCUT2D eigenvalue weighted by atomic mass is 10.2. The molecule has 0 unspecified atom stereocenters. The van der Waals surface area contributed by atoms with Crippen molar-refractivity contribution in [3.63, 3.8) is 0 Å². The highest BCUT2D eigenvalue weighted by Crippen LogP contribution is 2.35. The Labute approximate surface area is 203 Å². The van der Waals surface area contributed by atoms with Gasteiger partial charge >= 0.3 is 0 Å². The number of nitrogens with zero attached hydrogens (tertiary/aromatic N) is 2. The van der Waals surface area contributed by atoms with Gasteiger partial charge in [-0.1, -0.05) is 48.5 Å². The van der Waals surface area contributed by atoms with Gasteiger partial charge in [0.05, 0.1) is 10.6 Å². The van der Waals surface area contributed by atoms with Crippen LogP contribution in [0, 0.1) is 0 Å². The van der Waals surface area contributed by atoms with Gasteiger partial charge in [-0.2, -0.15) is 0 Å². The average Bonchev–Trinajstić information content (AvgIpc) is 3.14. The van der Waals surface area contributed by atoms with Gasteiger partial charge in [-0.15, -0.1) is 0 Å². The van der Waals surface area contributed by atoms with Crippen LogP contribution in [0.1, 0.15) is 19.4 Å². The van der Waals surface area contributed by atoms with E-state index < -0.39 is 0 Å². The molecule has 1 aliphatic rings. The van der Waals surface area contributed by atoms with E-state index in [4.69, 9.17) is 4.74 Å². The van der Waals surface area contributed by atoms with Gasteiger partial charge in [0, 0.05) is 11.7 Å². The number of nitrogens with one attached hydrogen (secondary N) is 1. The number of thioether (sulfide) groups is 1. The van der Waals surface area contributed by atoms with Crippen molar-refractivity contribution in [3.05, 3.63) is 95.4 Å². The lowest BCUT2D eigenvalue weighted by Crippen LogP contribution is -2.35. The molecule has 1 aliphatic heterocycles. The number of ether oxygens (including phenoxy) is 1. The third-order valence-corrected chi connectivity index (χ3v) is 5.92. The maximum absolute atomic E-state index is 13.0. The molecule has 0 aliphatic carbocycles. The molecule has 1 saturated heterocycles. The first kappa shape index (κ1) is 23.3. The fourth-order valence-corrected chi connectivity index (χ4v) is 4.43. The topological polar surface area (TPSA) is 71.0 Å². The van der Waals surface area contributed by atoms with Crippen LogP contribution < -0.4 is 10.1 Å². The van der Waals surface area contributed by atoms with Crippen molar-refractivity contribution in [3.8, 4) is 5.75 Å². The molecule has 3 aromatic carbocycles. The van der Waals surface area contributed by atoms with E-state index in [0.29, 0.717) is 15.8 Å². The van der Waals surface area contributed by atoms with E-state index >= 15 is 0 Å². The fourth-order valence-electron chi connectivity index (χ4n) is 3.31. The van der Waals surface area contributed by atoms with Crippen molar-refractivity contribution in [2.24, 2.45) is 4.99 Å². The van der Waals surface area contributed by atoms with Gasteiger partial charge in [0.2, 0.25) is 0 Å². The molecular weight excluding hydrogens is 446 g/mol. The first-order valence-corrected chi connectivity index (χ1v) is 11.8. The summed E-state index contributed by atoms with van der Waals surface area (Å²) in [5, 5.41) is 3.45. The number of carbonyl (C=O) groups excluding carboxylic acids is 2. The zero-order valence-electron chi connectivity index (χ0n) is 19.0. The maximum atomic E-state index is 13.0. The largest absolute Gasteiger partial charge is 0.484 e.